The number of carbonyl (C=O) groups excluding carboxylic acids is 1. The van der Waals surface area contributed by atoms with Gasteiger partial charge in [0.15, 0.2) is 0 Å². The number of hydrogen-bond acceptors (Lipinski definition) is 2. The van der Waals surface area contributed by atoms with Gasteiger partial charge in [-0.2, -0.15) is 0 Å². The fourth-order valence-electron chi connectivity index (χ4n) is 3.07. The number of amides is 1. The highest BCUT2D eigenvalue weighted by Crippen LogP contribution is 2.42. The van der Waals surface area contributed by atoms with Crippen LogP contribution in [0, 0.1) is 0 Å². The van der Waals surface area contributed by atoms with Crippen LogP contribution in [0.1, 0.15) is 17.5 Å². The molecule has 1 aromatic rings. The number of nitrogens with zero attached hydrogens (tertiary/aromatic N) is 1. The van der Waals surface area contributed by atoms with Crippen molar-refractivity contribution in [3.63, 3.8) is 0 Å². The molecule has 94 valence electrons. The van der Waals surface area contributed by atoms with Gasteiger partial charge < -0.3 is 9.64 Å². The molecule has 0 saturated carbocycles. The second-order valence-electron chi connectivity index (χ2n) is 4.96. The normalized spacial score (nSPS) is 26.1. The molecule has 0 aromatic heterocycles. The minimum atomic E-state index is -0.284. The van der Waals surface area contributed by atoms with Crippen molar-refractivity contribution < 1.29 is 9.53 Å². The van der Waals surface area contributed by atoms with E-state index in [1.165, 1.54) is 17.2 Å². The molecule has 1 heterocycles. The number of morpholine rings is 1. The summed E-state index contributed by atoms with van der Waals surface area (Å²) in [5, 5.41) is 0. The second-order valence-corrected chi connectivity index (χ2v) is 4.96. The van der Waals surface area contributed by atoms with Crippen molar-refractivity contribution in [1.29, 1.82) is 0 Å². The topological polar surface area (TPSA) is 29.5 Å². The van der Waals surface area contributed by atoms with E-state index in [2.05, 4.69) is 24.8 Å². The van der Waals surface area contributed by atoms with E-state index in [1.807, 2.05) is 11.0 Å². The Labute approximate surface area is 107 Å². The molecule has 1 aromatic carbocycles. The molecular formula is C15H17NO2. The lowest BCUT2D eigenvalue weighted by atomic mass is 9.93. The van der Waals surface area contributed by atoms with Crippen LogP contribution in [0.4, 0.5) is 0 Å². The standard InChI is InChI=1S/C15H17NO2/c1-2-14(17)16-9-10-18-15(11-16)8-7-12-5-3-4-6-13(12)15/h2-6H,1,7-11H2. The van der Waals surface area contributed by atoms with Crippen molar-refractivity contribution in [3.8, 4) is 0 Å². The van der Waals surface area contributed by atoms with Crippen LogP contribution in [0.15, 0.2) is 36.9 Å². The first kappa shape index (κ1) is 11.5. The van der Waals surface area contributed by atoms with Gasteiger partial charge in [0.2, 0.25) is 5.91 Å². The molecule has 1 fully saturated rings. The van der Waals surface area contributed by atoms with Crippen molar-refractivity contribution in [2.75, 3.05) is 19.7 Å². The van der Waals surface area contributed by atoms with Gasteiger partial charge in [-0.1, -0.05) is 30.8 Å². The van der Waals surface area contributed by atoms with Gasteiger partial charge in [-0.3, -0.25) is 4.79 Å². The largest absolute Gasteiger partial charge is 0.367 e. The highest BCUT2D eigenvalue weighted by Gasteiger charge is 2.43. The molecule has 1 spiro atoms. The van der Waals surface area contributed by atoms with Gasteiger partial charge in [-0.05, 0) is 30.0 Å². The zero-order valence-corrected chi connectivity index (χ0v) is 10.4. The molecule has 1 amide bonds. The van der Waals surface area contributed by atoms with Crippen LogP contribution in [0.2, 0.25) is 0 Å². The number of ether oxygens (including phenoxy) is 1. The first-order chi connectivity index (χ1) is 8.75. The Balaban J connectivity index is 1.92. The smallest absolute Gasteiger partial charge is 0.246 e. The summed E-state index contributed by atoms with van der Waals surface area (Å²) in [6.45, 7) is 5.48. The minimum absolute atomic E-state index is 0.00190. The SMILES string of the molecule is C=CC(=O)N1CCOC2(CCc3ccccc32)C1. The molecular weight excluding hydrogens is 226 g/mol. The summed E-state index contributed by atoms with van der Waals surface area (Å²) in [7, 11) is 0. The third-order valence-corrected chi connectivity index (χ3v) is 3.98. The Morgan fingerprint density at radius 1 is 1.44 bits per heavy atom. The third-order valence-electron chi connectivity index (χ3n) is 3.98. The summed E-state index contributed by atoms with van der Waals surface area (Å²) in [6.07, 6.45) is 3.39. The van der Waals surface area contributed by atoms with Gasteiger partial charge >= 0.3 is 0 Å². The van der Waals surface area contributed by atoms with Crippen LogP contribution < -0.4 is 0 Å². The highest BCUT2D eigenvalue weighted by atomic mass is 16.5. The Morgan fingerprint density at radius 3 is 3.11 bits per heavy atom. The molecule has 3 rings (SSSR count). The van der Waals surface area contributed by atoms with Crippen molar-refractivity contribution in [3.05, 3.63) is 48.0 Å². The summed E-state index contributed by atoms with van der Waals surface area (Å²) in [5.41, 5.74) is 2.32. The Hall–Kier alpha value is -1.61. The Morgan fingerprint density at radius 2 is 2.28 bits per heavy atom. The molecule has 1 unspecified atom stereocenters. The van der Waals surface area contributed by atoms with Gasteiger partial charge in [0.1, 0.15) is 5.60 Å². The number of hydrogen-bond donors (Lipinski definition) is 0. The average Bonchev–Trinajstić information content (AvgIpc) is 2.77. The van der Waals surface area contributed by atoms with Crippen LogP contribution in [0.25, 0.3) is 0 Å². The van der Waals surface area contributed by atoms with E-state index in [0.29, 0.717) is 19.7 Å². The summed E-state index contributed by atoms with van der Waals surface area (Å²) in [6, 6.07) is 8.39. The van der Waals surface area contributed by atoms with E-state index in [4.69, 9.17) is 4.74 Å². The molecule has 0 radical (unpaired) electrons. The van der Waals surface area contributed by atoms with Crippen LogP contribution in [0.5, 0.6) is 0 Å². The van der Waals surface area contributed by atoms with Gasteiger partial charge in [0.25, 0.3) is 0 Å². The van der Waals surface area contributed by atoms with Gasteiger partial charge in [0, 0.05) is 6.54 Å². The van der Waals surface area contributed by atoms with E-state index in [9.17, 15) is 4.79 Å². The summed E-state index contributed by atoms with van der Waals surface area (Å²) in [4.78, 5) is 13.6. The van der Waals surface area contributed by atoms with E-state index < -0.39 is 0 Å². The second kappa shape index (κ2) is 4.25. The zero-order chi connectivity index (χ0) is 12.6. The lowest BCUT2D eigenvalue weighted by Gasteiger charge is -2.40. The Bertz CT molecular complexity index is 493. The number of carbonyl (C=O) groups is 1. The van der Waals surface area contributed by atoms with Crippen molar-refractivity contribution in [2.24, 2.45) is 0 Å². The third kappa shape index (κ3) is 1.66. The fourth-order valence-corrected chi connectivity index (χ4v) is 3.07. The van der Waals surface area contributed by atoms with Crippen molar-refractivity contribution in [1.82, 2.24) is 4.90 Å². The monoisotopic (exact) mass is 243 g/mol. The molecule has 1 saturated heterocycles. The van der Waals surface area contributed by atoms with Crippen LogP contribution in [-0.4, -0.2) is 30.5 Å². The fraction of sp³-hybridized carbons (Fsp3) is 0.400. The predicted molar refractivity (Wildman–Crippen MR) is 69.2 cm³/mol. The van der Waals surface area contributed by atoms with Crippen molar-refractivity contribution >= 4 is 5.91 Å². The van der Waals surface area contributed by atoms with E-state index in [0.717, 1.165) is 12.8 Å². The summed E-state index contributed by atoms with van der Waals surface area (Å²) >= 11 is 0. The molecule has 0 bridgehead atoms. The molecule has 1 aliphatic carbocycles. The number of fused-ring (bicyclic) bond motifs is 2. The molecule has 1 atom stereocenters. The molecule has 3 nitrogen and oxygen atoms in total. The average molecular weight is 243 g/mol. The van der Waals surface area contributed by atoms with Gasteiger partial charge in [-0.15, -0.1) is 0 Å². The summed E-state index contributed by atoms with van der Waals surface area (Å²) in [5.74, 6) is 0.00190. The quantitative estimate of drug-likeness (QED) is 0.705. The van der Waals surface area contributed by atoms with E-state index >= 15 is 0 Å². The molecule has 0 N–H and O–H groups in total. The number of aryl methyl sites for hydroxylation is 1. The predicted octanol–water partition coefficient (Wildman–Crippen LogP) is 1.87. The molecule has 3 heteroatoms. The molecule has 18 heavy (non-hydrogen) atoms. The molecule has 1 aliphatic heterocycles. The van der Waals surface area contributed by atoms with Crippen LogP contribution in [0.3, 0.4) is 0 Å². The van der Waals surface area contributed by atoms with Gasteiger partial charge in [-0.25, -0.2) is 0 Å². The number of rotatable bonds is 1. The first-order valence-corrected chi connectivity index (χ1v) is 6.39. The minimum Gasteiger partial charge on any atom is -0.367 e. The molecule has 2 aliphatic rings. The first-order valence-electron chi connectivity index (χ1n) is 6.39. The van der Waals surface area contributed by atoms with E-state index in [1.54, 1.807) is 0 Å². The van der Waals surface area contributed by atoms with E-state index in [-0.39, 0.29) is 11.5 Å². The van der Waals surface area contributed by atoms with Crippen LogP contribution >= 0.6 is 0 Å². The lowest BCUT2D eigenvalue weighted by Crippen LogP contribution is -2.50. The lowest BCUT2D eigenvalue weighted by molar-refractivity contribution is -0.147. The van der Waals surface area contributed by atoms with Crippen molar-refractivity contribution in [2.45, 2.75) is 18.4 Å². The van der Waals surface area contributed by atoms with Gasteiger partial charge in [0.05, 0.1) is 13.2 Å². The highest BCUT2D eigenvalue weighted by molar-refractivity contribution is 5.87. The summed E-state index contributed by atoms with van der Waals surface area (Å²) < 4.78 is 6.05. The maximum atomic E-state index is 11.8. The Kier molecular flexibility index (Phi) is 2.71. The zero-order valence-electron chi connectivity index (χ0n) is 10.4. The maximum Gasteiger partial charge on any atom is 0.246 e. The van der Waals surface area contributed by atoms with Crippen LogP contribution in [-0.2, 0) is 21.6 Å². The maximum absolute atomic E-state index is 11.8. The number of benzene rings is 1.